The fraction of sp³-hybridized carbons (Fsp3) is 0.444. The van der Waals surface area contributed by atoms with E-state index in [1.54, 1.807) is 4.90 Å². The number of rotatable bonds is 5. The molecule has 35 heavy (non-hydrogen) atoms. The van der Waals surface area contributed by atoms with Gasteiger partial charge in [-0.05, 0) is 47.9 Å². The molecule has 0 saturated carbocycles. The Morgan fingerprint density at radius 1 is 1.00 bits per heavy atom. The van der Waals surface area contributed by atoms with Crippen molar-refractivity contribution in [3.8, 4) is 11.1 Å². The summed E-state index contributed by atoms with van der Waals surface area (Å²) in [6, 6.07) is 15.4. The molecular weight excluding hydrogens is 448 g/mol. The first-order valence-electron chi connectivity index (χ1n) is 12.3. The van der Waals surface area contributed by atoms with E-state index in [4.69, 9.17) is 9.47 Å². The van der Waals surface area contributed by atoms with Gasteiger partial charge in [0.25, 0.3) is 5.91 Å². The van der Waals surface area contributed by atoms with E-state index in [2.05, 4.69) is 29.6 Å². The van der Waals surface area contributed by atoms with E-state index < -0.39 is 30.1 Å². The normalized spacial score (nSPS) is 28.6. The molecule has 182 valence electrons. The lowest BCUT2D eigenvalue weighted by Gasteiger charge is -2.28. The lowest BCUT2D eigenvalue weighted by molar-refractivity contribution is -0.145. The van der Waals surface area contributed by atoms with Gasteiger partial charge < -0.3 is 24.8 Å². The third-order valence-corrected chi connectivity index (χ3v) is 8.09. The second kappa shape index (κ2) is 8.68. The SMILES string of the molecule is O=C(N[C@@H]1CCO[C@@H]1C(=O)N1[C@@H]2CC[C@H]1[C@@H](C(=O)O)C2)OCC1c2ccccc2-c2ccccc21. The molecule has 8 nitrogen and oxygen atoms in total. The minimum absolute atomic E-state index is 0.0430. The zero-order valence-electron chi connectivity index (χ0n) is 19.3. The summed E-state index contributed by atoms with van der Waals surface area (Å²) in [7, 11) is 0. The molecule has 0 unspecified atom stereocenters. The molecule has 2 bridgehead atoms. The fourth-order valence-electron chi connectivity index (χ4n) is 6.52. The molecular formula is C27H28N2O6. The average Bonchev–Trinajstić information content (AvgIpc) is 3.64. The lowest BCUT2D eigenvalue weighted by Crippen LogP contribution is -2.51. The molecule has 0 radical (unpaired) electrons. The molecule has 2 aromatic rings. The molecule has 8 heteroatoms. The number of aliphatic carboxylic acids is 1. The molecule has 2 aromatic carbocycles. The molecule has 2 amide bonds. The van der Waals surface area contributed by atoms with Crippen molar-refractivity contribution in [2.24, 2.45) is 5.92 Å². The number of carboxylic acid groups (broad SMARTS) is 1. The molecule has 2 N–H and O–H groups in total. The molecule has 0 aromatic heterocycles. The van der Waals surface area contributed by atoms with Crippen LogP contribution in [-0.2, 0) is 19.1 Å². The Bertz CT molecular complexity index is 1140. The molecule has 3 saturated heterocycles. The molecule has 6 rings (SSSR count). The number of carbonyl (C=O) groups excluding carboxylic acids is 2. The number of ether oxygens (including phenoxy) is 2. The first-order valence-corrected chi connectivity index (χ1v) is 12.3. The van der Waals surface area contributed by atoms with Crippen LogP contribution in [0.5, 0.6) is 0 Å². The van der Waals surface area contributed by atoms with Gasteiger partial charge in [-0.1, -0.05) is 48.5 Å². The quantitative estimate of drug-likeness (QED) is 0.687. The topological polar surface area (TPSA) is 105 Å². The number of carboxylic acids is 1. The van der Waals surface area contributed by atoms with Crippen LogP contribution < -0.4 is 5.32 Å². The highest BCUT2D eigenvalue weighted by atomic mass is 16.6. The van der Waals surface area contributed by atoms with Crippen LogP contribution in [0, 0.1) is 5.92 Å². The van der Waals surface area contributed by atoms with E-state index >= 15 is 0 Å². The number of hydrogen-bond acceptors (Lipinski definition) is 5. The van der Waals surface area contributed by atoms with Crippen LogP contribution in [0.1, 0.15) is 42.7 Å². The number of nitrogens with one attached hydrogen (secondary N) is 1. The molecule has 1 aliphatic carbocycles. The molecule has 3 aliphatic heterocycles. The largest absolute Gasteiger partial charge is 0.481 e. The van der Waals surface area contributed by atoms with Crippen LogP contribution in [0.25, 0.3) is 11.1 Å². The van der Waals surface area contributed by atoms with Crippen molar-refractivity contribution in [1.29, 1.82) is 0 Å². The van der Waals surface area contributed by atoms with Gasteiger partial charge in [0.2, 0.25) is 0 Å². The summed E-state index contributed by atoms with van der Waals surface area (Å²) < 4.78 is 11.4. The number of carbonyl (C=O) groups is 3. The lowest BCUT2D eigenvalue weighted by atomic mass is 9.89. The minimum Gasteiger partial charge on any atom is -0.481 e. The van der Waals surface area contributed by atoms with Gasteiger partial charge in [-0.25, -0.2) is 4.79 Å². The first-order chi connectivity index (χ1) is 17.0. The Morgan fingerprint density at radius 2 is 1.69 bits per heavy atom. The maximum Gasteiger partial charge on any atom is 0.407 e. The minimum atomic E-state index is -0.851. The van der Waals surface area contributed by atoms with Crippen molar-refractivity contribution in [3.63, 3.8) is 0 Å². The number of fused-ring (bicyclic) bond motifs is 5. The molecule has 3 heterocycles. The van der Waals surface area contributed by atoms with E-state index in [-0.39, 0.29) is 30.5 Å². The van der Waals surface area contributed by atoms with Gasteiger partial charge in [0.05, 0.1) is 12.0 Å². The van der Waals surface area contributed by atoms with Crippen LogP contribution >= 0.6 is 0 Å². The summed E-state index contributed by atoms with van der Waals surface area (Å²) in [6.07, 6.45) is 1.12. The summed E-state index contributed by atoms with van der Waals surface area (Å²) in [5.41, 5.74) is 4.59. The van der Waals surface area contributed by atoms with Gasteiger partial charge >= 0.3 is 12.1 Å². The van der Waals surface area contributed by atoms with E-state index in [1.165, 1.54) is 0 Å². The highest BCUT2D eigenvalue weighted by Crippen LogP contribution is 2.45. The van der Waals surface area contributed by atoms with Crippen LogP contribution in [0.2, 0.25) is 0 Å². The number of hydrogen-bond donors (Lipinski definition) is 2. The van der Waals surface area contributed by atoms with Crippen LogP contribution in [0.3, 0.4) is 0 Å². The van der Waals surface area contributed by atoms with Gasteiger partial charge in [0.15, 0.2) is 6.10 Å². The number of alkyl carbamates (subject to hydrolysis) is 1. The smallest absolute Gasteiger partial charge is 0.407 e. The Hall–Kier alpha value is -3.39. The first kappa shape index (κ1) is 22.1. The van der Waals surface area contributed by atoms with Crippen molar-refractivity contribution in [1.82, 2.24) is 10.2 Å². The van der Waals surface area contributed by atoms with Crippen molar-refractivity contribution < 1.29 is 29.0 Å². The van der Waals surface area contributed by atoms with Crippen molar-refractivity contribution in [2.45, 2.75) is 55.8 Å². The molecule has 4 aliphatic rings. The van der Waals surface area contributed by atoms with E-state index in [0.29, 0.717) is 25.9 Å². The summed E-state index contributed by atoms with van der Waals surface area (Å²) in [5, 5.41) is 12.3. The van der Waals surface area contributed by atoms with Gasteiger partial charge in [0.1, 0.15) is 6.61 Å². The Balaban J connectivity index is 1.10. The third-order valence-electron chi connectivity index (χ3n) is 8.09. The van der Waals surface area contributed by atoms with E-state index in [0.717, 1.165) is 28.7 Å². The monoisotopic (exact) mass is 476 g/mol. The Morgan fingerprint density at radius 3 is 2.34 bits per heavy atom. The van der Waals surface area contributed by atoms with Crippen molar-refractivity contribution >= 4 is 18.0 Å². The van der Waals surface area contributed by atoms with Gasteiger partial charge in [-0.2, -0.15) is 0 Å². The molecule has 3 fully saturated rings. The maximum atomic E-state index is 13.3. The van der Waals surface area contributed by atoms with Crippen molar-refractivity contribution in [3.05, 3.63) is 59.7 Å². The molecule has 5 atom stereocenters. The van der Waals surface area contributed by atoms with Crippen LogP contribution in [0.15, 0.2) is 48.5 Å². The van der Waals surface area contributed by atoms with Crippen LogP contribution in [0.4, 0.5) is 4.79 Å². The van der Waals surface area contributed by atoms with E-state index in [1.807, 2.05) is 24.3 Å². The van der Waals surface area contributed by atoms with Gasteiger partial charge in [-0.15, -0.1) is 0 Å². The van der Waals surface area contributed by atoms with Crippen molar-refractivity contribution in [2.75, 3.05) is 13.2 Å². The predicted molar refractivity (Wildman–Crippen MR) is 126 cm³/mol. The maximum absolute atomic E-state index is 13.3. The van der Waals surface area contributed by atoms with Gasteiger partial charge in [0, 0.05) is 24.6 Å². The Labute approximate surface area is 203 Å². The summed E-state index contributed by atoms with van der Waals surface area (Å²) in [4.78, 5) is 39.4. The number of nitrogens with zero attached hydrogens (tertiary/aromatic N) is 1. The highest BCUT2D eigenvalue weighted by molar-refractivity contribution is 5.86. The zero-order valence-corrected chi connectivity index (χ0v) is 19.3. The number of benzene rings is 2. The highest BCUT2D eigenvalue weighted by Gasteiger charge is 2.54. The summed E-state index contributed by atoms with van der Waals surface area (Å²) >= 11 is 0. The summed E-state index contributed by atoms with van der Waals surface area (Å²) in [6.45, 7) is 0.554. The fourth-order valence-corrected chi connectivity index (χ4v) is 6.52. The third kappa shape index (κ3) is 3.67. The molecule has 0 spiro atoms. The van der Waals surface area contributed by atoms with Crippen LogP contribution in [-0.4, -0.2) is 65.4 Å². The second-order valence-electron chi connectivity index (χ2n) is 9.88. The van der Waals surface area contributed by atoms with E-state index in [9.17, 15) is 19.5 Å². The Kier molecular flexibility index (Phi) is 5.48. The average molecular weight is 477 g/mol. The van der Waals surface area contributed by atoms with Gasteiger partial charge in [-0.3, -0.25) is 9.59 Å². The number of amides is 2. The second-order valence-corrected chi connectivity index (χ2v) is 9.88. The standard InChI is InChI=1S/C27H28N2O6/c30-25(29-15-9-10-23(29)20(13-15)26(31)32)24-22(11-12-34-24)28-27(33)35-14-21-18-7-3-1-5-16(18)17-6-2-4-8-19(17)21/h1-8,15,20-24H,9-14H2,(H,28,33)(H,31,32)/t15-,20+,22-,23+,24+/m1/s1. The summed E-state index contributed by atoms with van der Waals surface area (Å²) in [5.74, 6) is -1.63. The predicted octanol–water partition coefficient (Wildman–Crippen LogP) is 3.15. The zero-order chi connectivity index (χ0) is 24.1.